The van der Waals surface area contributed by atoms with E-state index in [4.69, 9.17) is 17.2 Å². The normalized spacial score (nSPS) is 24.7. The Kier molecular flexibility index (Phi) is 1.50. The minimum Gasteiger partial charge on any atom is -0.425 e. The molecule has 10 heavy (non-hydrogen) atoms. The molecule has 0 saturated carbocycles. The lowest BCUT2D eigenvalue weighted by atomic mass is 10.2. The quantitative estimate of drug-likeness (QED) is 0.352. The molecular weight excluding hydrogens is 134 g/mol. The number of rotatable bonds is 0. The van der Waals surface area contributed by atoms with Crippen LogP contribution in [0.15, 0.2) is 11.6 Å². The summed E-state index contributed by atoms with van der Waals surface area (Å²) in [5.41, 5.74) is 15.7. The van der Waals surface area contributed by atoms with Gasteiger partial charge in [-0.2, -0.15) is 0 Å². The standard InChI is InChI=1S/C5H9N3O2/c6-2-1-3(9)10-4(2)5(7)8/h2H,1,6-8H2. The molecule has 1 unspecified atom stereocenters. The molecule has 1 fully saturated rings. The van der Waals surface area contributed by atoms with Crippen LogP contribution in [-0.2, 0) is 9.53 Å². The molecule has 0 bridgehead atoms. The van der Waals surface area contributed by atoms with E-state index in [0.29, 0.717) is 0 Å². The lowest BCUT2D eigenvalue weighted by molar-refractivity contribution is -0.135. The van der Waals surface area contributed by atoms with Gasteiger partial charge >= 0.3 is 5.97 Å². The predicted molar refractivity (Wildman–Crippen MR) is 34.1 cm³/mol. The van der Waals surface area contributed by atoms with Gasteiger partial charge in [0.05, 0.1) is 12.5 Å². The monoisotopic (exact) mass is 143 g/mol. The number of esters is 1. The molecular formula is C5H9N3O2. The second-order valence-corrected chi connectivity index (χ2v) is 2.10. The summed E-state index contributed by atoms with van der Waals surface area (Å²) in [4.78, 5) is 10.5. The summed E-state index contributed by atoms with van der Waals surface area (Å²) in [6.45, 7) is 0. The first kappa shape index (κ1) is 6.88. The second-order valence-electron chi connectivity index (χ2n) is 2.10. The van der Waals surface area contributed by atoms with Crippen molar-refractivity contribution >= 4 is 5.97 Å². The number of ether oxygens (including phenoxy) is 1. The Morgan fingerprint density at radius 1 is 1.60 bits per heavy atom. The fourth-order valence-corrected chi connectivity index (χ4v) is 0.785. The molecule has 0 spiro atoms. The van der Waals surface area contributed by atoms with E-state index in [1.54, 1.807) is 0 Å². The molecule has 5 heteroatoms. The van der Waals surface area contributed by atoms with Gasteiger partial charge in [0.25, 0.3) is 0 Å². The second kappa shape index (κ2) is 2.18. The highest BCUT2D eigenvalue weighted by molar-refractivity contribution is 5.75. The van der Waals surface area contributed by atoms with E-state index >= 15 is 0 Å². The van der Waals surface area contributed by atoms with Crippen molar-refractivity contribution in [2.24, 2.45) is 17.2 Å². The first-order valence-electron chi connectivity index (χ1n) is 2.82. The average molecular weight is 143 g/mol. The SMILES string of the molecule is NC(N)=C1OC(=O)CC1N. The van der Waals surface area contributed by atoms with Crippen molar-refractivity contribution in [1.82, 2.24) is 0 Å². The number of hydrogen-bond donors (Lipinski definition) is 3. The van der Waals surface area contributed by atoms with Gasteiger partial charge in [-0.3, -0.25) is 4.79 Å². The van der Waals surface area contributed by atoms with Gasteiger partial charge < -0.3 is 21.9 Å². The number of carbonyl (C=O) groups is 1. The predicted octanol–water partition coefficient (Wildman–Crippen LogP) is -1.65. The van der Waals surface area contributed by atoms with Crippen LogP contribution in [0.2, 0.25) is 0 Å². The van der Waals surface area contributed by atoms with Crippen LogP contribution < -0.4 is 17.2 Å². The molecule has 6 N–H and O–H groups in total. The van der Waals surface area contributed by atoms with E-state index in [1.165, 1.54) is 0 Å². The fraction of sp³-hybridized carbons (Fsp3) is 0.400. The third-order valence-corrected chi connectivity index (χ3v) is 1.23. The Morgan fingerprint density at radius 2 is 2.20 bits per heavy atom. The average Bonchev–Trinajstić information content (AvgIpc) is 2.10. The molecule has 0 amide bonds. The van der Waals surface area contributed by atoms with Gasteiger partial charge in [-0.05, 0) is 0 Å². The fourth-order valence-electron chi connectivity index (χ4n) is 0.785. The van der Waals surface area contributed by atoms with Crippen molar-refractivity contribution in [3.8, 4) is 0 Å². The van der Waals surface area contributed by atoms with E-state index in [1.807, 2.05) is 0 Å². The van der Waals surface area contributed by atoms with Crippen molar-refractivity contribution < 1.29 is 9.53 Å². The minimum atomic E-state index is -0.461. The number of nitrogens with two attached hydrogens (primary N) is 3. The topological polar surface area (TPSA) is 104 Å². The summed E-state index contributed by atoms with van der Waals surface area (Å²) >= 11 is 0. The molecule has 1 rings (SSSR count). The van der Waals surface area contributed by atoms with Gasteiger partial charge in [0, 0.05) is 0 Å². The number of hydrogen-bond acceptors (Lipinski definition) is 5. The van der Waals surface area contributed by atoms with Crippen LogP contribution in [0.4, 0.5) is 0 Å². The zero-order chi connectivity index (χ0) is 7.72. The molecule has 1 atom stereocenters. The molecule has 0 aromatic carbocycles. The Balaban J connectivity index is 2.83. The highest BCUT2D eigenvalue weighted by Crippen LogP contribution is 2.16. The minimum absolute atomic E-state index is 0.0154. The molecule has 0 aromatic rings. The largest absolute Gasteiger partial charge is 0.425 e. The summed E-state index contributed by atoms with van der Waals surface area (Å²) in [5, 5.41) is 0. The van der Waals surface area contributed by atoms with Crippen LogP contribution in [-0.4, -0.2) is 12.0 Å². The van der Waals surface area contributed by atoms with E-state index in [0.717, 1.165) is 0 Å². The van der Waals surface area contributed by atoms with Crippen LogP contribution in [0.5, 0.6) is 0 Å². The van der Waals surface area contributed by atoms with E-state index < -0.39 is 6.04 Å². The molecule has 0 aromatic heterocycles. The lowest BCUT2D eigenvalue weighted by Crippen LogP contribution is -2.24. The molecule has 0 aliphatic carbocycles. The van der Waals surface area contributed by atoms with E-state index in [9.17, 15) is 4.79 Å². The van der Waals surface area contributed by atoms with Gasteiger partial charge in [-0.25, -0.2) is 0 Å². The molecule has 1 heterocycles. The van der Waals surface area contributed by atoms with Crippen molar-refractivity contribution in [2.45, 2.75) is 12.5 Å². The third-order valence-electron chi connectivity index (χ3n) is 1.23. The van der Waals surface area contributed by atoms with Gasteiger partial charge in [-0.1, -0.05) is 0 Å². The zero-order valence-corrected chi connectivity index (χ0v) is 5.33. The van der Waals surface area contributed by atoms with Crippen molar-refractivity contribution in [2.75, 3.05) is 0 Å². The van der Waals surface area contributed by atoms with Crippen LogP contribution in [0.1, 0.15) is 6.42 Å². The highest BCUT2D eigenvalue weighted by atomic mass is 16.5. The van der Waals surface area contributed by atoms with Crippen molar-refractivity contribution in [1.29, 1.82) is 0 Å². The zero-order valence-electron chi connectivity index (χ0n) is 5.33. The molecule has 0 radical (unpaired) electrons. The van der Waals surface area contributed by atoms with Gasteiger partial charge in [0.1, 0.15) is 5.82 Å². The van der Waals surface area contributed by atoms with Crippen molar-refractivity contribution in [3.63, 3.8) is 0 Å². The van der Waals surface area contributed by atoms with Crippen LogP contribution in [0, 0.1) is 0 Å². The smallest absolute Gasteiger partial charge is 0.313 e. The maximum atomic E-state index is 10.5. The van der Waals surface area contributed by atoms with Gasteiger partial charge in [0.15, 0.2) is 5.76 Å². The highest BCUT2D eigenvalue weighted by Gasteiger charge is 2.28. The lowest BCUT2D eigenvalue weighted by Gasteiger charge is -2.02. The Labute approximate surface area is 57.8 Å². The van der Waals surface area contributed by atoms with Crippen LogP contribution in [0.3, 0.4) is 0 Å². The summed E-state index contributed by atoms with van der Waals surface area (Å²) in [7, 11) is 0. The Morgan fingerprint density at radius 3 is 2.40 bits per heavy atom. The summed E-state index contributed by atoms with van der Waals surface area (Å²) in [5.74, 6) is -0.195. The molecule has 5 nitrogen and oxygen atoms in total. The maximum absolute atomic E-state index is 10.5. The molecule has 1 aliphatic rings. The number of cyclic esters (lactones) is 1. The van der Waals surface area contributed by atoms with Crippen molar-refractivity contribution in [3.05, 3.63) is 11.6 Å². The summed E-state index contributed by atoms with van der Waals surface area (Å²) in [6, 6.07) is -0.461. The Hall–Kier alpha value is -1.23. The van der Waals surface area contributed by atoms with E-state index in [-0.39, 0.29) is 24.0 Å². The van der Waals surface area contributed by atoms with Crippen LogP contribution in [0.25, 0.3) is 0 Å². The van der Waals surface area contributed by atoms with Crippen LogP contribution >= 0.6 is 0 Å². The first-order valence-corrected chi connectivity index (χ1v) is 2.82. The number of carbonyl (C=O) groups excluding carboxylic acids is 1. The molecule has 56 valence electrons. The summed E-state index contributed by atoms with van der Waals surface area (Å²) in [6.07, 6.45) is 0.160. The maximum Gasteiger partial charge on any atom is 0.313 e. The van der Waals surface area contributed by atoms with E-state index in [2.05, 4.69) is 4.74 Å². The molecule has 1 saturated heterocycles. The summed E-state index contributed by atoms with van der Waals surface area (Å²) < 4.78 is 4.60. The Bertz CT molecular complexity index is 195. The first-order chi connectivity index (χ1) is 4.61. The van der Waals surface area contributed by atoms with Gasteiger partial charge in [0.2, 0.25) is 0 Å². The third kappa shape index (κ3) is 1.03. The van der Waals surface area contributed by atoms with Gasteiger partial charge in [-0.15, -0.1) is 0 Å². The molecule has 1 aliphatic heterocycles.